The Morgan fingerprint density at radius 1 is 1.41 bits per heavy atom. The predicted octanol–water partition coefficient (Wildman–Crippen LogP) is 1.94. The van der Waals surface area contributed by atoms with Gasteiger partial charge in [-0.1, -0.05) is 0 Å². The summed E-state index contributed by atoms with van der Waals surface area (Å²) < 4.78 is 0. The fraction of sp³-hybridized carbons (Fsp3) is 0.750. The van der Waals surface area contributed by atoms with Gasteiger partial charge < -0.3 is 15.5 Å². The summed E-state index contributed by atoms with van der Waals surface area (Å²) in [5.74, 6) is 0. The number of likely N-dealkylation sites (N-methyl/N-ethyl adjacent to an activating group) is 2. The van der Waals surface area contributed by atoms with E-state index in [-0.39, 0.29) is 6.04 Å². The van der Waals surface area contributed by atoms with Gasteiger partial charge >= 0.3 is 0 Å². The minimum absolute atomic E-state index is 0.0733. The number of hydrogen-bond donors (Lipinski definition) is 1. The molecule has 0 fully saturated rings. The maximum absolute atomic E-state index is 5.87. The van der Waals surface area contributed by atoms with Crippen LogP contribution in [0.15, 0.2) is 6.20 Å². The van der Waals surface area contributed by atoms with Crippen molar-refractivity contribution in [3.63, 3.8) is 0 Å². The van der Waals surface area contributed by atoms with E-state index in [2.05, 4.69) is 42.7 Å². The number of anilines is 1. The van der Waals surface area contributed by atoms with Crippen molar-refractivity contribution in [3.05, 3.63) is 11.1 Å². The SMILES string of the molecule is CCN(c1ncc(C(C)N)s1)C(C)CN(C)C. The zero-order valence-corrected chi connectivity index (χ0v) is 12.3. The normalized spacial score (nSPS) is 15.0. The highest BCUT2D eigenvalue weighted by Gasteiger charge is 2.17. The van der Waals surface area contributed by atoms with Gasteiger partial charge in [-0.15, -0.1) is 11.3 Å². The number of nitrogens with two attached hydrogens (primary N) is 1. The van der Waals surface area contributed by atoms with Crippen molar-refractivity contribution in [2.24, 2.45) is 5.73 Å². The van der Waals surface area contributed by atoms with Crippen LogP contribution < -0.4 is 10.6 Å². The van der Waals surface area contributed by atoms with E-state index in [1.807, 2.05) is 13.1 Å². The quantitative estimate of drug-likeness (QED) is 0.845. The standard InChI is InChI=1S/C12H24N4S/c1-6-16(9(2)8-15(4)5)12-14-7-11(17-12)10(3)13/h7,9-10H,6,8,13H2,1-5H3. The zero-order valence-electron chi connectivity index (χ0n) is 11.5. The third-order valence-corrected chi connectivity index (χ3v) is 3.94. The van der Waals surface area contributed by atoms with Crippen molar-refractivity contribution in [2.45, 2.75) is 32.9 Å². The van der Waals surface area contributed by atoms with Crippen molar-refractivity contribution in [1.29, 1.82) is 0 Å². The van der Waals surface area contributed by atoms with E-state index in [4.69, 9.17) is 5.73 Å². The molecule has 1 aromatic heterocycles. The lowest BCUT2D eigenvalue weighted by molar-refractivity contribution is 0.373. The van der Waals surface area contributed by atoms with Gasteiger partial charge in [0, 0.05) is 36.2 Å². The van der Waals surface area contributed by atoms with E-state index in [9.17, 15) is 0 Å². The lowest BCUT2D eigenvalue weighted by atomic mass is 10.3. The number of nitrogens with zero attached hydrogens (tertiary/aromatic N) is 3. The van der Waals surface area contributed by atoms with Crippen LogP contribution in [0.3, 0.4) is 0 Å². The van der Waals surface area contributed by atoms with Crippen LogP contribution in [0.5, 0.6) is 0 Å². The monoisotopic (exact) mass is 256 g/mol. The highest BCUT2D eigenvalue weighted by molar-refractivity contribution is 7.15. The molecule has 0 bridgehead atoms. The highest BCUT2D eigenvalue weighted by Crippen LogP contribution is 2.27. The third kappa shape index (κ3) is 3.94. The molecule has 0 aromatic carbocycles. The van der Waals surface area contributed by atoms with Crippen LogP contribution in [-0.4, -0.2) is 43.1 Å². The molecule has 98 valence electrons. The summed E-state index contributed by atoms with van der Waals surface area (Å²) >= 11 is 1.70. The first kappa shape index (κ1) is 14.4. The average Bonchev–Trinajstić information content (AvgIpc) is 2.66. The predicted molar refractivity (Wildman–Crippen MR) is 75.8 cm³/mol. The molecule has 2 N–H and O–H groups in total. The smallest absolute Gasteiger partial charge is 0.185 e. The summed E-state index contributed by atoms with van der Waals surface area (Å²) in [6.45, 7) is 8.40. The Morgan fingerprint density at radius 3 is 2.47 bits per heavy atom. The second kappa shape index (κ2) is 6.33. The van der Waals surface area contributed by atoms with Crippen molar-refractivity contribution < 1.29 is 0 Å². The first-order valence-corrected chi connectivity index (χ1v) is 6.90. The summed E-state index contributed by atoms with van der Waals surface area (Å²) in [6.07, 6.45) is 1.90. The van der Waals surface area contributed by atoms with E-state index < -0.39 is 0 Å². The molecule has 4 nitrogen and oxygen atoms in total. The van der Waals surface area contributed by atoms with Crippen LogP contribution >= 0.6 is 11.3 Å². The molecule has 0 spiro atoms. The lowest BCUT2D eigenvalue weighted by Crippen LogP contribution is -2.40. The van der Waals surface area contributed by atoms with Crippen LogP contribution in [0.25, 0.3) is 0 Å². The van der Waals surface area contributed by atoms with Crippen LogP contribution in [0, 0.1) is 0 Å². The molecular weight excluding hydrogens is 232 g/mol. The molecule has 2 atom stereocenters. The van der Waals surface area contributed by atoms with Gasteiger partial charge in [-0.05, 0) is 34.9 Å². The van der Waals surface area contributed by atoms with E-state index in [0.717, 1.165) is 23.1 Å². The molecule has 1 aromatic rings. The first-order valence-electron chi connectivity index (χ1n) is 6.08. The minimum Gasteiger partial charge on any atom is -0.344 e. The number of aromatic nitrogens is 1. The summed E-state index contributed by atoms with van der Waals surface area (Å²) in [7, 11) is 4.19. The highest BCUT2D eigenvalue weighted by atomic mass is 32.1. The Hall–Kier alpha value is -0.650. The lowest BCUT2D eigenvalue weighted by Gasteiger charge is -2.29. The van der Waals surface area contributed by atoms with E-state index >= 15 is 0 Å². The summed E-state index contributed by atoms with van der Waals surface area (Å²) in [5, 5.41) is 1.08. The molecule has 1 rings (SSSR count). The Morgan fingerprint density at radius 2 is 2.06 bits per heavy atom. The molecule has 1 heterocycles. The minimum atomic E-state index is 0.0733. The molecule has 0 saturated carbocycles. The molecule has 0 amide bonds. The van der Waals surface area contributed by atoms with Crippen LogP contribution in [0.4, 0.5) is 5.13 Å². The van der Waals surface area contributed by atoms with Gasteiger partial charge in [0.05, 0.1) is 0 Å². The largest absolute Gasteiger partial charge is 0.344 e. The van der Waals surface area contributed by atoms with Crippen molar-refractivity contribution in [1.82, 2.24) is 9.88 Å². The molecule has 0 radical (unpaired) electrons. The molecule has 2 unspecified atom stereocenters. The Labute approximate surface area is 108 Å². The fourth-order valence-electron chi connectivity index (χ4n) is 1.88. The van der Waals surface area contributed by atoms with Gasteiger partial charge in [-0.3, -0.25) is 0 Å². The molecule has 0 aliphatic carbocycles. The Balaban J connectivity index is 2.78. The molecule has 5 heteroatoms. The topological polar surface area (TPSA) is 45.4 Å². The second-order valence-corrected chi connectivity index (χ2v) is 5.77. The number of rotatable bonds is 6. The summed E-state index contributed by atoms with van der Waals surface area (Å²) in [4.78, 5) is 10.2. The first-order chi connectivity index (χ1) is 7.95. The second-order valence-electron chi connectivity index (χ2n) is 4.73. The van der Waals surface area contributed by atoms with Crippen molar-refractivity contribution in [3.8, 4) is 0 Å². The molecule has 0 aliphatic rings. The van der Waals surface area contributed by atoms with E-state index in [1.165, 1.54) is 0 Å². The Bertz CT molecular complexity index is 335. The van der Waals surface area contributed by atoms with Crippen molar-refractivity contribution >= 4 is 16.5 Å². The van der Waals surface area contributed by atoms with Crippen LogP contribution in [0.1, 0.15) is 31.7 Å². The molecule has 0 aliphatic heterocycles. The zero-order chi connectivity index (χ0) is 13.0. The maximum Gasteiger partial charge on any atom is 0.185 e. The van der Waals surface area contributed by atoms with Crippen LogP contribution in [-0.2, 0) is 0 Å². The van der Waals surface area contributed by atoms with E-state index in [0.29, 0.717) is 6.04 Å². The van der Waals surface area contributed by atoms with E-state index in [1.54, 1.807) is 11.3 Å². The molecule has 0 saturated heterocycles. The number of hydrogen-bond acceptors (Lipinski definition) is 5. The maximum atomic E-state index is 5.87. The van der Waals surface area contributed by atoms with Gasteiger partial charge in [-0.2, -0.15) is 0 Å². The van der Waals surface area contributed by atoms with Gasteiger partial charge in [0.1, 0.15) is 0 Å². The van der Waals surface area contributed by atoms with Gasteiger partial charge in [0.25, 0.3) is 0 Å². The fourth-order valence-corrected chi connectivity index (χ4v) is 2.92. The number of thiazole rings is 1. The summed E-state index contributed by atoms with van der Waals surface area (Å²) in [5.41, 5.74) is 5.87. The average molecular weight is 256 g/mol. The molecular formula is C12H24N4S. The summed E-state index contributed by atoms with van der Waals surface area (Å²) in [6, 6.07) is 0.534. The van der Waals surface area contributed by atoms with Crippen molar-refractivity contribution in [2.75, 3.05) is 32.1 Å². The van der Waals surface area contributed by atoms with Crippen LogP contribution in [0.2, 0.25) is 0 Å². The Kier molecular flexibility index (Phi) is 5.36. The van der Waals surface area contributed by atoms with Gasteiger partial charge in [0.15, 0.2) is 5.13 Å². The van der Waals surface area contributed by atoms with Gasteiger partial charge in [-0.25, -0.2) is 4.98 Å². The third-order valence-electron chi connectivity index (χ3n) is 2.71. The molecule has 17 heavy (non-hydrogen) atoms. The van der Waals surface area contributed by atoms with Gasteiger partial charge in [0.2, 0.25) is 0 Å².